The smallest absolute Gasteiger partial charge is 0.293 e. The SMILES string of the molecule is C[C@@H]1CCCCN1Cc1c(C(=O)N/N=C/c2cccc3ccccc23)nnn1-c1nonc1N. The van der Waals surface area contributed by atoms with E-state index >= 15 is 0 Å². The van der Waals surface area contributed by atoms with Gasteiger partial charge in [0.25, 0.3) is 5.91 Å². The van der Waals surface area contributed by atoms with Crippen LogP contribution in [0.25, 0.3) is 16.6 Å². The summed E-state index contributed by atoms with van der Waals surface area (Å²) in [5.41, 5.74) is 10.1. The van der Waals surface area contributed by atoms with E-state index in [1.807, 2.05) is 42.5 Å². The van der Waals surface area contributed by atoms with Crippen molar-refractivity contribution in [3.63, 3.8) is 0 Å². The molecule has 3 N–H and O–H groups in total. The largest absolute Gasteiger partial charge is 0.378 e. The fourth-order valence-electron chi connectivity index (χ4n) is 4.29. The standard InChI is InChI=1S/C23H25N9O2/c1-15-7-4-5-12-31(15)14-19-20(26-30-32(19)22-21(24)28-34-29-22)23(33)27-25-13-17-10-6-9-16-8-2-3-11-18(16)17/h2-3,6,8-11,13,15H,4-5,7,12,14H2,1H3,(H2,24,28)(H,27,33)/b25-13+/t15-/m1/s1. The summed E-state index contributed by atoms with van der Waals surface area (Å²) in [4.78, 5) is 15.4. The van der Waals surface area contributed by atoms with Gasteiger partial charge in [-0.2, -0.15) is 9.78 Å². The molecule has 3 heterocycles. The number of anilines is 1. The van der Waals surface area contributed by atoms with Crippen molar-refractivity contribution in [2.75, 3.05) is 12.3 Å². The summed E-state index contributed by atoms with van der Waals surface area (Å²) < 4.78 is 6.15. The lowest BCUT2D eigenvalue weighted by Crippen LogP contribution is -2.38. The lowest BCUT2D eigenvalue weighted by atomic mass is 10.0. The third-order valence-corrected chi connectivity index (χ3v) is 6.16. The number of benzene rings is 2. The molecule has 1 atom stereocenters. The first kappa shape index (κ1) is 21.7. The normalized spacial score (nSPS) is 16.9. The first-order valence-electron chi connectivity index (χ1n) is 11.2. The Morgan fingerprint density at radius 2 is 2.09 bits per heavy atom. The van der Waals surface area contributed by atoms with E-state index in [1.165, 1.54) is 11.1 Å². The van der Waals surface area contributed by atoms with Crippen LogP contribution in [0.5, 0.6) is 0 Å². The topological polar surface area (TPSA) is 140 Å². The highest BCUT2D eigenvalue weighted by Crippen LogP contribution is 2.23. The molecule has 11 heteroatoms. The van der Waals surface area contributed by atoms with Gasteiger partial charge in [-0.3, -0.25) is 9.69 Å². The highest BCUT2D eigenvalue weighted by atomic mass is 16.6. The maximum atomic E-state index is 13.1. The third-order valence-electron chi connectivity index (χ3n) is 6.16. The van der Waals surface area contributed by atoms with Gasteiger partial charge in [-0.1, -0.05) is 54.1 Å². The molecule has 0 saturated carbocycles. The third kappa shape index (κ3) is 4.25. The molecule has 1 saturated heterocycles. The summed E-state index contributed by atoms with van der Waals surface area (Å²) in [6.07, 6.45) is 4.99. The number of hydrazone groups is 1. The first-order chi connectivity index (χ1) is 16.6. The zero-order valence-electron chi connectivity index (χ0n) is 18.8. The Hall–Kier alpha value is -4.12. The lowest BCUT2D eigenvalue weighted by Gasteiger charge is -2.33. The van der Waals surface area contributed by atoms with Gasteiger partial charge in [0.1, 0.15) is 0 Å². The lowest BCUT2D eigenvalue weighted by molar-refractivity contribution is 0.0945. The van der Waals surface area contributed by atoms with Crippen LogP contribution in [-0.2, 0) is 6.54 Å². The monoisotopic (exact) mass is 459 g/mol. The number of rotatable bonds is 6. The van der Waals surface area contributed by atoms with Gasteiger partial charge in [-0.15, -0.1) is 5.10 Å². The highest BCUT2D eigenvalue weighted by molar-refractivity contribution is 6.00. The number of carbonyl (C=O) groups excluding carboxylic acids is 1. The van der Waals surface area contributed by atoms with Crippen molar-refractivity contribution in [2.45, 2.75) is 38.8 Å². The molecule has 1 fully saturated rings. The molecule has 1 aliphatic heterocycles. The Labute approximate surface area is 195 Å². The molecule has 0 bridgehead atoms. The molecule has 0 unspecified atom stereocenters. The van der Waals surface area contributed by atoms with Crippen molar-refractivity contribution in [3.05, 3.63) is 59.4 Å². The molecule has 0 spiro atoms. The second kappa shape index (κ2) is 9.40. The van der Waals surface area contributed by atoms with Crippen molar-refractivity contribution in [2.24, 2.45) is 5.10 Å². The predicted molar refractivity (Wildman–Crippen MR) is 126 cm³/mol. The number of piperidine rings is 1. The van der Waals surface area contributed by atoms with Crippen molar-refractivity contribution >= 4 is 28.7 Å². The summed E-state index contributed by atoms with van der Waals surface area (Å²) in [5, 5.41) is 22.0. The molecule has 174 valence electrons. The minimum atomic E-state index is -0.475. The Morgan fingerprint density at radius 3 is 2.91 bits per heavy atom. The number of fused-ring (bicyclic) bond motifs is 1. The molecule has 11 nitrogen and oxygen atoms in total. The van der Waals surface area contributed by atoms with Gasteiger partial charge in [-0.05, 0) is 47.4 Å². The first-order valence-corrected chi connectivity index (χ1v) is 11.2. The molecular formula is C23H25N9O2. The van der Waals surface area contributed by atoms with Gasteiger partial charge in [0.15, 0.2) is 5.69 Å². The van der Waals surface area contributed by atoms with Gasteiger partial charge >= 0.3 is 0 Å². The van der Waals surface area contributed by atoms with Gasteiger partial charge in [0.05, 0.1) is 11.9 Å². The summed E-state index contributed by atoms with van der Waals surface area (Å²) in [6, 6.07) is 14.3. The summed E-state index contributed by atoms with van der Waals surface area (Å²) >= 11 is 0. The quantitative estimate of drug-likeness (QED) is 0.331. The summed E-state index contributed by atoms with van der Waals surface area (Å²) in [7, 11) is 0. The molecule has 1 amide bonds. The molecule has 4 aromatic rings. The number of nitrogens with one attached hydrogen (secondary N) is 1. The van der Waals surface area contributed by atoms with E-state index < -0.39 is 5.91 Å². The second-order valence-electron chi connectivity index (χ2n) is 8.35. The fraction of sp³-hybridized carbons (Fsp3) is 0.304. The number of nitrogens with zero attached hydrogens (tertiary/aromatic N) is 7. The number of amides is 1. The molecule has 0 radical (unpaired) electrons. The van der Waals surface area contributed by atoms with Crippen LogP contribution in [0.4, 0.5) is 5.82 Å². The van der Waals surface area contributed by atoms with Gasteiger partial charge in [0.2, 0.25) is 11.6 Å². The van der Waals surface area contributed by atoms with Crippen LogP contribution in [0.2, 0.25) is 0 Å². The van der Waals surface area contributed by atoms with Crippen LogP contribution < -0.4 is 11.2 Å². The summed E-state index contributed by atoms with van der Waals surface area (Å²) in [5.74, 6) is -0.207. The number of likely N-dealkylation sites (tertiary alicyclic amines) is 1. The molecule has 1 aliphatic rings. The Kier molecular flexibility index (Phi) is 6.00. The number of aromatic nitrogens is 5. The Bertz CT molecular complexity index is 1340. The van der Waals surface area contributed by atoms with Gasteiger partial charge in [0, 0.05) is 18.2 Å². The van der Waals surface area contributed by atoms with E-state index in [-0.39, 0.29) is 17.3 Å². The van der Waals surface area contributed by atoms with Crippen molar-refractivity contribution < 1.29 is 9.42 Å². The average molecular weight is 460 g/mol. The van der Waals surface area contributed by atoms with Crippen molar-refractivity contribution in [3.8, 4) is 5.82 Å². The van der Waals surface area contributed by atoms with Gasteiger partial charge in [-0.25, -0.2) is 10.1 Å². The van der Waals surface area contributed by atoms with Gasteiger partial charge < -0.3 is 5.73 Å². The minimum absolute atomic E-state index is 0.0683. The molecule has 5 rings (SSSR count). The van der Waals surface area contributed by atoms with Crippen LogP contribution in [0.15, 0.2) is 52.2 Å². The van der Waals surface area contributed by atoms with Crippen LogP contribution in [0.3, 0.4) is 0 Å². The number of nitrogen functional groups attached to an aromatic ring is 1. The highest BCUT2D eigenvalue weighted by Gasteiger charge is 2.28. The fourth-order valence-corrected chi connectivity index (χ4v) is 4.29. The number of hydrogen-bond acceptors (Lipinski definition) is 9. The van der Waals surface area contributed by atoms with Crippen LogP contribution in [0, 0.1) is 0 Å². The van der Waals surface area contributed by atoms with E-state index in [0.717, 1.165) is 35.7 Å². The Balaban J connectivity index is 1.42. The molecular weight excluding hydrogens is 434 g/mol. The zero-order valence-corrected chi connectivity index (χ0v) is 18.8. The van der Waals surface area contributed by atoms with Crippen LogP contribution in [-0.4, -0.2) is 54.9 Å². The van der Waals surface area contributed by atoms with E-state index in [0.29, 0.717) is 18.3 Å². The van der Waals surface area contributed by atoms with E-state index in [4.69, 9.17) is 10.4 Å². The van der Waals surface area contributed by atoms with E-state index in [9.17, 15) is 4.79 Å². The van der Waals surface area contributed by atoms with Crippen molar-refractivity contribution in [1.82, 2.24) is 35.6 Å². The molecule has 34 heavy (non-hydrogen) atoms. The van der Waals surface area contributed by atoms with E-state index in [2.05, 4.69) is 43.0 Å². The Morgan fingerprint density at radius 1 is 1.24 bits per heavy atom. The minimum Gasteiger partial charge on any atom is -0.378 e. The van der Waals surface area contributed by atoms with Crippen molar-refractivity contribution in [1.29, 1.82) is 0 Å². The van der Waals surface area contributed by atoms with E-state index in [1.54, 1.807) is 6.21 Å². The molecule has 2 aromatic heterocycles. The zero-order chi connectivity index (χ0) is 23.5. The second-order valence-corrected chi connectivity index (χ2v) is 8.35. The maximum absolute atomic E-state index is 13.1. The number of carbonyl (C=O) groups is 1. The summed E-state index contributed by atoms with van der Waals surface area (Å²) in [6.45, 7) is 3.54. The number of nitrogens with two attached hydrogens (primary N) is 1. The molecule has 0 aliphatic carbocycles. The average Bonchev–Trinajstić information content (AvgIpc) is 3.46. The maximum Gasteiger partial charge on any atom is 0.293 e. The molecule has 2 aromatic carbocycles. The predicted octanol–water partition coefficient (Wildman–Crippen LogP) is 2.52. The van der Waals surface area contributed by atoms with Crippen LogP contribution >= 0.6 is 0 Å². The number of hydrogen-bond donors (Lipinski definition) is 2. The van der Waals surface area contributed by atoms with Crippen LogP contribution in [0.1, 0.15) is 47.9 Å².